The van der Waals surface area contributed by atoms with Crippen molar-refractivity contribution in [1.82, 2.24) is 5.32 Å². The summed E-state index contributed by atoms with van der Waals surface area (Å²) >= 11 is 0. The molecule has 2 aliphatic heterocycles. The fourth-order valence-electron chi connectivity index (χ4n) is 1.41. The quantitative estimate of drug-likeness (QED) is 0.666. The molecule has 0 unspecified atom stereocenters. The monoisotopic (exact) mass is 183 g/mol. The summed E-state index contributed by atoms with van der Waals surface area (Å²) < 4.78 is 5.63. The molecule has 1 aromatic carbocycles. The molecule has 0 saturated carbocycles. The van der Waals surface area contributed by atoms with E-state index in [1.807, 2.05) is 30.3 Å². The van der Waals surface area contributed by atoms with Crippen molar-refractivity contribution < 1.29 is 4.74 Å². The minimum atomic E-state index is 0.714. The summed E-state index contributed by atoms with van der Waals surface area (Å²) in [6, 6.07) is 7.68. The topological polar surface area (TPSA) is 33.6 Å². The average molecular weight is 183 g/mol. The third kappa shape index (κ3) is 1.03. The first-order valence-corrected chi connectivity index (χ1v) is 4.34. The van der Waals surface area contributed by atoms with Gasteiger partial charge in [0.25, 0.3) is 0 Å². The minimum absolute atomic E-state index is 0.714. The molecule has 1 N–H and O–H groups in total. The van der Waals surface area contributed by atoms with Gasteiger partial charge >= 0.3 is 0 Å². The Balaban J connectivity index is 2.15. The highest BCUT2D eigenvalue weighted by molar-refractivity contribution is 6.01. The van der Waals surface area contributed by atoms with Gasteiger partial charge in [0, 0.05) is 0 Å². The van der Waals surface area contributed by atoms with Crippen molar-refractivity contribution in [2.45, 2.75) is 0 Å². The zero-order valence-corrected chi connectivity index (χ0v) is 7.32. The van der Waals surface area contributed by atoms with E-state index >= 15 is 0 Å². The van der Waals surface area contributed by atoms with E-state index in [0.29, 0.717) is 5.84 Å². The van der Waals surface area contributed by atoms with Crippen LogP contribution in [0, 0.1) is 6.20 Å². The summed E-state index contributed by atoms with van der Waals surface area (Å²) in [5, 5.41) is 2.91. The van der Waals surface area contributed by atoms with Crippen molar-refractivity contribution in [1.29, 1.82) is 0 Å². The second-order valence-corrected chi connectivity index (χ2v) is 3.00. The molecule has 1 radical (unpaired) electrons. The molecule has 0 aromatic heterocycles. The van der Waals surface area contributed by atoms with Crippen LogP contribution in [-0.4, -0.2) is 5.84 Å². The Morgan fingerprint density at radius 1 is 1.29 bits per heavy atom. The first-order chi connectivity index (χ1) is 6.93. The third-order valence-electron chi connectivity index (χ3n) is 2.06. The number of hydrogen-bond acceptors (Lipinski definition) is 3. The number of allylic oxidation sites excluding steroid dienone is 2. The summed E-state index contributed by atoms with van der Waals surface area (Å²) in [5.41, 5.74) is 0.843. The second kappa shape index (κ2) is 2.73. The lowest BCUT2D eigenvalue weighted by Gasteiger charge is -2.20. The van der Waals surface area contributed by atoms with Crippen LogP contribution < -0.4 is 10.1 Å². The van der Waals surface area contributed by atoms with Gasteiger partial charge in [0.1, 0.15) is 5.69 Å². The lowest BCUT2D eigenvalue weighted by Crippen LogP contribution is -2.27. The van der Waals surface area contributed by atoms with Crippen LogP contribution in [0.1, 0.15) is 0 Å². The summed E-state index contributed by atoms with van der Waals surface area (Å²) in [5.74, 6) is 2.24. The number of nitrogens with one attached hydrogen (secondary N) is 1. The van der Waals surface area contributed by atoms with E-state index in [4.69, 9.17) is 4.74 Å². The van der Waals surface area contributed by atoms with Crippen LogP contribution in [0.2, 0.25) is 0 Å². The molecule has 3 rings (SSSR count). The summed E-state index contributed by atoms with van der Waals surface area (Å²) in [6.07, 6.45) is 6.46. The Hall–Kier alpha value is -2.03. The van der Waals surface area contributed by atoms with Gasteiger partial charge in [-0.15, -0.1) is 0 Å². The number of dihydropyridines is 1. The molecule has 0 fully saturated rings. The lowest BCUT2D eigenvalue weighted by molar-refractivity contribution is 0.446. The van der Waals surface area contributed by atoms with E-state index in [-0.39, 0.29) is 0 Å². The van der Waals surface area contributed by atoms with Gasteiger partial charge in [-0.3, -0.25) is 0 Å². The largest absolute Gasteiger partial charge is 0.451 e. The first kappa shape index (κ1) is 7.38. The molecular formula is C11H7N2O. The standard InChI is InChI=1S/C11H7N2O/c1-2-5-9-8(4-1)13-11-10(14-9)6-3-7-12-11/h1-6H,(H,12,13). The molecule has 2 aliphatic rings. The van der Waals surface area contributed by atoms with E-state index in [0.717, 1.165) is 17.2 Å². The molecule has 0 aliphatic carbocycles. The van der Waals surface area contributed by atoms with Crippen molar-refractivity contribution >= 4 is 11.5 Å². The molecule has 0 saturated heterocycles. The van der Waals surface area contributed by atoms with Gasteiger partial charge in [-0.25, -0.2) is 4.99 Å². The molecule has 14 heavy (non-hydrogen) atoms. The van der Waals surface area contributed by atoms with Crippen LogP contribution in [0.3, 0.4) is 0 Å². The van der Waals surface area contributed by atoms with Crippen LogP contribution in [0.5, 0.6) is 5.75 Å². The van der Waals surface area contributed by atoms with Gasteiger partial charge in [0.2, 0.25) is 0 Å². The smallest absolute Gasteiger partial charge is 0.174 e. The molecule has 67 valence electrons. The lowest BCUT2D eigenvalue weighted by atomic mass is 10.2. The van der Waals surface area contributed by atoms with Crippen LogP contribution >= 0.6 is 0 Å². The van der Waals surface area contributed by atoms with Crippen LogP contribution in [0.4, 0.5) is 5.69 Å². The van der Waals surface area contributed by atoms with Crippen molar-refractivity contribution in [3.05, 3.63) is 48.4 Å². The van der Waals surface area contributed by atoms with Crippen molar-refractivity contribution in [2.75, 3.05) is 0 Å². The fourth-order valence-corrected chi connectivity index (χ4v) is 1.41. The number of ether oxygens (including phenoxy) is 1. The van der Waals surface area contributed by atoms with Crippen LogP contribution in [0.25, 0.3) is 0 Å². The van der Waals surface area contributed by atoms with Crippen molar-refractivity contribution in [2.24, 2.45) is 4.99 Å². The van der Waals surface area contributed by atoms with E-state index in [1.54, 1.807) is 6.08 Å². The molecule has 1 aromatic rings. The first-order valence-electron chi connectivity index (χ1n) is 4.34. The minimum Gasteiger partial charge on any atom is -0.451 e. The number of benzene rings is 1. The third-order valence-corrected chi connectivity index (χ3v) is 2.06. The van der Waals surface area contributed by atoms with Crippen LogP contribution in [-0.2, 0) is 0 Å². The van der Waals surface area contributed by atoms with E-state index in [2.05, 4.69) is 16.5 Å². The van der Waals surface area contributed by atoms with E-state index in [1.165, 1.54) is 0 Å². The summed E-state index contributed by atoms with van der Waals surface area (Å²) in [4.78, 5) is 4.40. The normalized spacial score (nSPS) is 16.9. The van der Waals surface area contributed by atoms with Gasteiger partial charge in [-0.2, -0.15) is 0 Å². The highest BCUT2D eigenvalue weighted by Crippen LogP contribution is 2.32. The van der Waals surface area contributed by atoms with Crippen LogP contribution in [0.15, 0.2) is 47.2 Å². The number of aliphatic imine (C=N–C) groups is 1. The molecule has 2 heterocycles. The molecule has 0 amide bonds. The Morgan fingerprint density at radius 3 is 3.21 bits per heavy atom. The number of nitrogens with zero attached hydrogens (tertiary/aromatic N) is 1. The van der Waals surface area contributed by atoms with Crippen molar-refractivity contribution in [3.8, 4) is 5.75 Å². The summed E-state index contributed by atoms with van der Waals surface area (Å²) in [7, 11) is 0. The predicted molar refractivity (Wildman–Crippen MR) is 53.2 cm³/mol. The van der Waals surface area contributed by atoms with Crippen molar-refractivity contribution in [3.63, 3.8) is 0 Å². The molecule has 0 atom stereocenters. The number of amidine groups is 1. The highest BCUT2D eigenvalue weighted by atomic mass is 16.5. The molecular weight excluding hydrogens is 176 g/mol. The zero-order chi connectivity index (χ0) is 9.38. The van der Waals surface area contributed by atoms with Gasteiger partial charge < -0.3 is 10.1 Å². The zero-order valence-electron chi connectivity index (χ0n) is 7.32. The van der Waals surface area contributed by atoms with Gasteiger partial charge in [0.15, 0.2) is 17.3 Å². The average Bonchev–Trinajstić information content (AvgIpc) is 2.26. The molecule has 0 spiro atoms. The van der Waals surface area contributed by atoms with Gasteiger partial charge in [0.05, 0.1) is 6.20 Å². The predicted octanol–water partition coefficient (Wildman–Crippen LogP) is 1.91. The second-order valence-electron chi connectivity index (χ2n) is 3.00. The fraction of sp³-hybridized carbons (Fsp3) is 0. The van der Waals surface area contributed by atoms with Gasteiger partial charge in [-0.1, -0.05) is 12.1 Å². The number of hydrogen-bond donors (Lipinski definition) is 1. The summed E-state index contributed by atoms with van der Waals surface area (Å²) in [6.45, 7) is 0. The maximum Gasteiger partial charge on any atom is 0.174 e. The number of rotatable bonds is 0. The number of para-hydroxylation sites is 2. The Kier molecular flexibility index (Phi) is 1.44. The highest BCUT2D eigenvalue weighted by Gasteiger charge is 2.18. The Morgan fingerprint density at radius 2 is 2.21 bits per heavy atom. The van der Waals surface area contributed by atoms with Gasteiger partial charge in [-0.05, 0) is 24.3 Å². The Bertz CT molecular complexity index is 472. The SMILES string of the molecule is [C]1=CC=C2Oc3ccccc3N=C2N1. The van der Waals surface area contributed by atoms with E-state index in [9.17, 15) is 0 Å². The van der Waals surface area contributed by atoms with E-state index < -0.39 is 0 Å². The maximum absolute atomic E-state index is 5.63. The number of fused-ring (bicyclic) bond motifs is 2. The Labute approximate surface area is 81.4 Å². The molecule has 0 bridgehead atoms. The molecule has 3 nitrogen and oxygen atoms in total. The molecule has 3 heteroatoms. The maximum atomic E-state index is 5.63.